The molecule has 2 aromatic heterocycles. The summed E-state index contributed by atoms with van der Waals surface area (Å²) in [5.41, 5.74) is 2.88. The number of nitrogens with one attached hydrogen (secondary N) is 1. The van der Waals surface area contributed by atoms with Gasteiger partial charge in [-0.2, -0.15) is 4.98 Å². The van der Waals surface area contributed by atoms with E-state index < -0.39 is 0 Å². The van der Waals surface area contributed by atoms with Gasteiger partial charge >= 0.3 is 6.01 Å². The number of rotatable bonds is 2. The smallest absolute Gasteiger partial charge is 0.314 e. The van der Waals surface area contributed by atoms with Crippen molar-refractivity contribution in [2.24, 2.45) is 0 Å². The summed E-state index contributed by atoms with van der Waals surface area (Å²) in [4.78, 5) is 3.98. The second-order valence-corrected chi connectivity index (χ2v) is 2.35. The second kappa shape index (κ2) is 2.69. The summed E-state index contributed by atoms with van der Waals surface area (Å²) >= 11 is 0. The number of aromatic nitrogens is 3. The molecule has 2 aromatic rings. The van der Waals surface area contributed by atoms with Crippen LogP contribution < -0.4 is 5.43 Å². The van der Waals surface area contributed by atoms with E-state index in [2.05, 4.69) is 15.6 Å². The Balaban J connectivity index is 2.14. The Morgan fingerprint density at radius 2 is 2.17 bits per heavy atom. The lowest BCUT2D eigenvalue weighted by atomic mass is 10.7. The Labute approximate surface area is 69.0 Å². The maximum Gasteiger partial charge on any atom is 0.340 e. The zero-order chi connectivity index (χ0) is 8.39. The van der Waals surface area contributed by atoms with Gasteiger partial charge in [0.25, 0.3) is 0 Å². The molecule has 12 heavy (non-hydrogen) atoms. The quantitative estimate of drug-likeness (QED) is 0.720. The summed E-state index contributed by atoms with van der Waals surface area (Å²) in [5.74, 6) is 0.615. The number of aryl methyl sites for hydroxylation is 1. The molecule has 0 atom stereocenters. The molecule has 0 unspecified atom stereocenters. The molecule has 5 nitrogen and oxygen atoms in total. The molecule has 1 N–H and O–H groups in total. The third-order valence-corrected chi connectivity index (χ3v) is 1.36. The summed E-state index contributed by atoms with van der Waals surface area (Å²) in [5, 5.41) is 3.64. The summed E-state index contributed by atoms with van der Waals surface area (Å²) in [6, 6.07) is 4.19. The molecule has 0 saturated carbocycles. The lowest BCUT2D eigenvalue weighted by Crippen LogP contribution is -2.05. The first-order valence-electron chi connectivity index (χ1n) is 3.55. The van der Waals surface area contributed by atoms with Crippen LogP contribution in [0.1, 0.15) is 5.82 Å². The molecule has 0 aromatic carbocycles. The molecule has 0 aliphatic carbocycles. The maximum absolute atomic E-state index is 4.84. The van der Waals surface area contributed by atoms with Crippen molar-refractivity contribution >= 4 is 6.01 Å². The molecule has 0 amide bonds. The number of anilines is 1. The molecule has 5 heteroatoms. The van der Waals surface area contributed by atoms with Gasteiger partial charge in [-0.1, -0.05) is 5.16 Å². The van der Waals surface area contributed by atoms with E-state index in [9.17, 15) is 0 Å². The zero-order valence-electron chi connectivity index (χ0n) is 6.56. The monoisotopic (exact) mass is 164 g/mol. The van der Waals surface area contributed by atoms with Crippen molar-refractivity contribution in [1.29, 1.82) is 0 Å². The molecule has 0 saturated heterocycles. The van der Waals surface area contributed by atoms with Crippen LogP contribution in [0.3, 0.4) is 0 Å². The van der Waals surface area contributed by atoms with Crippen molar-refractivity contribution in [2.75, 3.05) is 5.43 Å². The lowest BCUT2D eigenvalue weighted by molar-refractivity contribution is 0.422. The normalized spacial score (nSPS) is 10.1. The van der Waals surface area contributed by atoms with Gasteiger partial charge < -0.3 is 4.52 Å². The van der Waals surface area contributed by atoms with Crippen molar-refractivity contribution in [3.05, 3.63) is 30.4 Å². The fourth-order valence-electron chi connectivity index (χ4n) is 0.862. The van der Waals surface area contributed by atoms with Gasteiger partial charge in [-0.25, -0.2) is 5.43 Å². The van der Waals surface area contributed by atoms with Crippen molar-refractivity contribution in [3.8, 4) is 0 Å². The zero-order valence-corrected chi connectivity index (χ0v) is 6.56. The van der Waals surface area contributed by atoms with Crippen LogP contribution in [-0.4, -0.2) is 14.8 Å². The molecular weight excluding hydrogens is 156 g/mol. The van der Waals surface area contributed by atoms with E-state index in [1.165, 1.54) is 0 Å². The minimum absolute atomic E-state index is 0.392. The van der Waals surface area contributed by atoms with Crippen LogP contribution in [0.4, 0.5) is 6.01 Å². The van der Waals surface area contributed by atoms with Gasteiger partial charge in [0.05, 0.1) is 0 Å². The summed E-state index contributed by atoms with van der Waals surface area (Å²) < 4.78 is 6.57. The molecule has 0 fully saturated rings. The van der Waals surface area contributed by atoms with Gasteiger partial charge in [-0.3, -0.25) is 4.68 Å². The van der Waals surface area contributed by atoms with Gasteiger partial charge in [0.15, 0.2) is 5.82 Å². The number of hydrogen-bond acceptors (Lipinski definition) is 4. The molecular formula is C7H8N4O. The third-order valence-electron chi connectivity index (χ3n) is 1.36. The summed E-state index contributed by atoms with van der Waals surface area (Å²) in [7, 11) is 0. The summed E-state index contributed by atoms with van der Waals surface area (Å²) in [6.45, 7) is 1.77. The van der Waals surface area contributed by atoms with Crippen molar-refractivity contribution in [1.82, 2.24) is 14.8 Å². The molecule has 0 spiro atoms. The SMILES string of the molecule is Cc1noc(Nn2cccc2)n1. The minimum Gasteiger partial charge on any atom is -0.314 e. The van der Waals surface area contributed by atoms with Gasteiger partial charge in [0.2, 0.25) is 0 Å². The van der Waals surface area contributed by atoms with E-state index in [1.807, 2.05) is 24.5 Å². The highest BCUT2D eigenvalue weighted by atomic mass is 16.5. The molecule has 0 aliphatic heterocycles. The average Bonchev–Trinajstić information content (AvgIpc) is 2.63. The van der Waals surface area contributed by atoms with Crippen LogP contribution in [0.5, 0.6) is 0 Å². The molecule has 62 valence electrons. The first-order chi connectivity index (χ1) is 5.84. The van der Waals surface area contributed by atoms with E-state index in [1.54, 1.807) is 11.6 Å². The van der Waals surface area contributed by atoms with Crippen molar-refractivity contribution in [2.45, 2.75) is 6.92 Å². The van der Waals surface area contributed by atoms with Gasteiger partial charge in [0, 0.05) is 12.4 Å². The largest absolute Gasteiger partial charge is 0.340 e. The van der Waals surface area contributed by atoms with Crippen LogP contribution in [-0.2, 0) is 0 Å². The van der Waals surface area contributed by atoms with Gasteiger partial charge in [-0.15, -0.1) is 0 Å². The van der Waals surface area contributed by atoms with E-state index in [0.717, 1.165) is 0 Å². The highest BCUT2D eigenvalue weighted by molar-refractivity contribution is 5.18. The fourth-order valence-corrected chi connectivity index (χ4v) is 0.862. The summed E-state index contributed by atoms with van der Waals surface area (Å²) in [6.07, 6.45) is 3.69. The Kier molecular flexibility index (Phi) is 1.55. The van der Waals surface area contributed by atoms with Crippen LogP contribution in [0.15, 0.2) is 29.0 Å². The fraction of sp³-hybridized carbons (Fsp3) is 0.143. The molecule has 2 heterocycles. The number of nitrogens with zero attached hydrogens (tertiary/aromatic N) is 3. The molecule has 0 radical (unpaired) electrons. The topological polar surface area (TPSA) is 55.9 Å². The Bertz CT molecular complexity index is 351. The minimum atomic E-state index is 0.392. The van der Waals surface area contributed by atoms with Gasteiger partial charge in [0.1, 0.15) is 0 Å². The molecule has 2 rings (SSSR count). The van der Waals surface area contributed by atoms with E-state index in [4.69, 9.17) is 4.52 Å². The highest BCUT2D eigenvalue weighted by Crippen LogP contribution is 2.02. The first-order valence-corrected chi connectivity index (χ1v) is 3.55. The van der Waals surface area contributed by atoms with Crippen molar-refractivity contribution in [3.63, 3.8) is 0 Å². The predicted octanol–water partition coefficient (Wildman–Crippen LogP) is 1.05. The standard InChI is InChI=1S/C7H8N4O/c1-6-8-7(12-10-6)9-11-4-2-3-5-11/h2-5H,1H3,(H,8,9,10). The van der Waals surface area contributed by atoms with E-state index in [-0.39, 0.29) is 0 Å². The predicted molar refractivity (Wildman–Crippen MR) is 42.5 cm³/mol. The molecule has 0 aliphatic rings. The van der Waals surface area contributed by atoms with E-state index in [0.29, 0.717) is 11.8 Å². The van der Waals surface area contributed by atoms with Crippen LogP contribution in [0.2, 0.25) is 0 Å². The highest BCUT2D eigenvalue weighted by Gasteiger charge is 1.99. The van der Waals surface area contributed by atoms with Crippen LogP contribution in [0, 0.1) is 6.92 Å². The van der Waals surface area contributed by atoms with Gasteiger partial charge in [-0.05, 0) is 19.1 Å². The van der Waals surface area contributed by atoms with Crippen LogP contribution >= 0.6 is 0 Å². The molecule has 0 bridgehead atoms. The Morgan fingerprint density at radius 1 is 1.42 bits per heavy atom. The van der Waals surface area contributed by atoms with Crippen molar-refractivity contribution < 1.29 is 4.52 Å². The van der Waals surface area contributed by atoms with E-state index >= 15 is 0 Å². The first kappa shape index (κ1) is 6.90. The Morgan fingerprint density at radius 3 is 2.75 bits per heavy atom. The average molecular weight is 164 g/mol. The Hall–Kier alpha value is -1.78. The van der Waals surface area contributed by atoms with Crippen LogP contribution in [0.25, 0.3) is 0 Å². The second-order valence-electron chi connectivity index (χ2n) is 2.35. The number of hydrogen-bond donors (Lipinski definition) is 1. The third kappa shape index (κ3) is 1.29. The lowest BCUT2D eigenvalue weighted by Gasteiger charge is -1.98. The maximum atomic E-state index is 4.84.